The fourth-order valence-corrected chi connectivity index (χ4v) is 2.80. The second kappa shape index (κ2) is 7.20. The molecule has 23 heavy (non-hydrogen) atoms. The first-order valence-corrected chi connectivity index (χ1v) is 9.00. The van der Waals surface area contributed by atoms with Crippen molar-refractivity contribution in [3.8, 4) is 0 Å². The lowest BCUT2D eigenvalue weighted by Gasteiger charge is -2.23. The van der Waals surface area contributed by atoms with Crippen molar-refractivity contribution in [1.29, 1.82) is 0 Å². The third kappa shape index (κ3) is 4.60. The fraction of sp³-hybridized carbons (Fsp3) is 0.467. The summed E-state index contributed by atoms with van der Waals surface area (Å²) in [5.41, 5.74) is 0.854. The molecule has 1 atom stereocenters. The van der Waals surface area contributed by atoms with Gasteiger partial charge in [-0.1, -0.05) is 24.2 Å². The lowest BCUT2D eigenvalue weighted by Crippen LogP contribution is -2.22. The van der Waals surface area contributed by atoms with Gasteiger partial charge in [0, 0.05) is 12.5 Å². The second-order valence-electron chi connectivity index (χ2n) is 5.56. The van der Waals surface area contributed by atoms with E-state index >= 15 is 0 Å². The molecule has 2 aromatic rings. The Morgan fingerprint density at radius 3 is 2.78 bits per heavy atom. The molecule has 1 aromatic heterocycles. The van der Waals surface area contributed by atoms with Crippen LogP contribution >= 0.6 is 0 Å². The Bertz CT molecular complexity index is 758. The van der Waals surface area contributed by atoms with E-state index in [9.17, 15) is 8.42 Å². The first-order chi connectivity index (χ1) is 10.8. The standard InChI is InChI=1S/C15H22N4O3S/c1-4-6-14-17-15(22-18-14)10-19(3)11(2)12-7-5-8-13(9-12)23(16,20)21/h5,7-9,11H,4,6,10H2,1-3H3,(H2,16,20,21). The van der Waals surface area contributed by atoms with Crippen LogP contribution in [0.3, 0.4) is 0 Å². The van der Waals surface area contributed by atoms with Crippen molar-refractivity contribution in [1.82, 2.24) is 15.0 Å². The molecule has 0 saturated carbocycles. The van der Waals surface area contributed by atoms with Gasteiger partial charge in [0.15, 0.2) is 5.82 Å². The molecular formula is C15H22N4O3S. The minimum absolute atomic E-state index is 0.0294. The Labute approximate surface area is 136 Å². The third-order valence-electron chi connectivity index (χ3n) is 3.70. The zero-order valence-corrected chi connectivity index (χ0v) is 14.4. The lowest BCUT2D eigenvalue weighted by molar-refractivity contribution is 0.216. The number of sulfonamides is 1. The molecule has 0 spiro atoms. The molecule has 0 radical (unpaired) electrons. The van der Waals surface area contributed by atoms with Crippen molar-refractivity contribution in [3.63, 3.8) is 0 Å². The van der Waals surface area contributed by atoms with Gasteiger partial charge < -0.3 is 4.52 Å². The van der Waals surface area contributed by atoms with E-state index in [4.69, 9.17) is 9.66 Å². The number of nitrogens with two attached hydrogens (primary N) is 1. The predicted octanol–water partition coefficient (Wildman–Crippen LogP) is 1.86. The van der Waals surface area contributed by atoms with Crippen LogP contribution in [0.1, 0.15) is 43.6 Å². The Kier molecular flexibility index (Phi) is 5.51. The average Bonchev–Trinajstić information content (AvgIpc) is 2.93. The highest BCUT2D eigenvalue weighted by Crippen LogP contribution is 2.22. The maximum Gasteiger partial charge on any atom is 0.240 e. The van der Waals surface area contributed by atoms with Crippen molar-refractivity contribution < 1.29 is 12.9 Å². The smallest absolute Gasteiger partial charge is 0.240 e. The molecule has 0 fully saturated rings. The molecule has 2 rings (SSSR count). The van der Waals surface area contributed by atoms with Crippen molar-refractivity contribution >= 4 is 10.0 Å². The molecule has 7 nitrogen and oxygen atoms in total. The van der Waals surface area contributed by atoms with Crippen LogP contribution in [-0.4, -0.2) is 30.5 Å². The molecule has 1 unspecified atom stereocenters. The van der Waals surface area contributed by atoms with E-state index in [1.807, 2.05) is 24.9 Å². The highest BCUT2D eigenvalue weighted by Gasteiger charge is 2.17. The first kappa shape index (κ1) is 17.6. The Balaban J connectivity index is 2.11. The van der Waals surface area contributed by atoms with E-state index < -0.39 is 10.0 Å². The van der Waals surface area contributed by atoms with Crippen molar-refractivity contribution in [2.24, 2.45) is 5.14 Å². The van der Waals surface area contributed by atoms with Crippen LogP contribution in [0.5, 0.6) is 0 Å². The molecule has 126 valence electrons. The Morgan fingerprint density at radius 1 is 1.39 bits per heavy atom. The minimum atomic E-state index is -3.71. The van der Waals surface area contributed by atoms with Gasteiger partial charge in [0.1, 0.15) is 0 Å². The maximum atomic E-state index is 11.5. The number of aryl methyl sites for hydroxylation is 1. The summed E-state index contributed by atoms with van der Waals surface area (Å²) in [6, 6.07) is 6.60. The number of benzene rings is 1. The van der Waals surface area contributed by atoms with Gasteiger partial charge in [0.2, 0.25) is 15.9 Å². The number of hydrogen-bond donors (Lipinski definition) is 1. The van der Waals surface area contributed by atoms with Gasteiger partial charge in [-0.2, -0.15) is 4.98 Å². The number of primary sulfonamides is 1. The second-order valence-corrected chi connectivity index (χ2v) is 7.12. The van der Waals surface area contributed by atoms with Crippen LogP contribution in [0, 0.1) is 0 Å². The molecule has 0 aliphatic heterocycles. The van der Waals surface area contributed by atoms with Gasteiger partial charge >= 0.3 is 0 Å². The Hall–Kier alpha value is -1.77. The zero-order valence-electron chi connectivity index (χ0n) is 13.6. The van der Waals surface area contributed by atoms with Crippen LogP contribution < -0.4 is 5.14 Å². The van der Waals surface area contributed by atoms with Crippen LogP contribution in [0.2, 0.25) is 0 Å². The quantitative estimate of drug-likeness (QED) is 0.826. The summed E-state index contributed by atoms with van der Waals surface area (Å²) >= 11 is 0. The molecule has 0 amide bonds. The molecule has 0 aliphatic carbocycles. The monoisotopic (exact) mass is 338 g/mol. The number of rotatable bonds is 7. The van der Waals surface area contributed by atoms with Crippen LogP contribution in [0.15, 0.2) is 33.7 Å². The van der Waals surface area contributed by atoms with E-state index in [0.717, 1.165) is 18.4 Å². The van der Waals surface area contributed by atoms with Crippen LogP contribution in [0.4, 0.5) is 0 Å². The van der Waals surface area contributed by atoms with Gasteiger partial charge in [0.25, 0.3) is 0 Å². The minimum Gasteiger partial charge on any atom is -0.338 e. The predicted molar refractivity (Wildman–Crippen MR) is 86.0 cm³/mol. The summed E-state index contributed by atoms with van der Waals surface area (Å²) in [5, 5.41) is 9.11. The third-order valence-corrected chi connectivity index (χ3v) is 4.61. The summed E-state index contributed by atoms with van der Waals surface area (Å²) in [5.74, 6) is 1.25. The van der Waals surface area contributed by atoms with Crippen molar-refractivity contribution in [2.75, 3.05) is 7.05 Å². The van der Waals surface area contributed by atoms with Gasteiger partial charge in [-0.3, -0.25) is 4.90 Å². The molecule has 0 aliphatic rings. The van der Waals surface area contributed by atoms with Gasteiger partial charge in [-0.15, -0.1) is 0 Å². The van der Waals surface area contributed by atoms with Crippen molar-refractivity contribution in [2.45, 2.75) is 44.2 Å². The molecule has 1 aromatic carbocycles. The summed E-state index contributed by atoms with van der Waals surface area (Å²) in [6.45, 7) is 4.52. The highest BCUT2D eigenvalue weighted by atomic mass is 32.2. The maximum absolute atomic E-state index is 11.5. The molecule has 2 N–H and O–H groups in total. The molecular weight excluding hydrogens is 316 g/mol. The molecule has 0 saturated heterocycles. The zero-order chi connectivity index (χ0) is 17.0. The largest absolute Gasteiger partial charge is 0.338 e. The van der Waals surface area contributed by atoms with Crippen LogP contribution in [-0.2, 0) is 23.0 Å². The summed E-state index contributed by atoms with van der Waals surface area (Å²) < 4.78 is 28.2. The number of hydrogen-bond acceptors (Lipinski definition) is 6. The lowest BCUT2D eigenvalue weighted by atomic mass is 10.1. The topological polar surface area (TPSA) is 102 Å². The molecule has 1 heterocycles. The summed E-state index contributed by atoms with van der Waals surface area (Å²) in [6.07, 6.45) is 1.75. The van der Waals surface area contributed by atoms with Crippen LogP contribution in [0.25, 0.3) is 0 Å². The molecule has 0 bridgehead atoms. The van der Waals surface area contributed by atoms with Crippen molar-refractivity contribution in [3.05, 3.63) is 41.5 Å². The van der Waals surface area contributed by atoms with E-state index in [0.29, 0.717) is 18.3 Å². The normalized spacial score (nSPS) is 13.4. The highest BCUT2D eigenvalue weighted by molar-refractivity contribution is 7.89. The number of nitrogens with zero attached hydrogens (tertiary/aromatic N) is 3. The van der Waals surface area contributed by atoms with Gasteiger partial charge in [-0.25, -0.2) is 13.6 Å². The van der Waals surface area contributed by atoms with Gasteiger partial charge in [0.05, 0.1) is 11.4 Å². The SMILES string of the molecule is CCCc1noc(CN(C)C(C)c2cccc(S(N)(=O)=O)c2)n1. The van der Waals surface area contributed by atoms with E-state index in [-0.39, 0.29) is 10.9 Å². The average molecular weight is 338 g/mol. The molecule has 8 heteroatoms. The van der Waals surface area contributed by atoms with E-state index in [1.165, 1.54) is 6.07 Å². The van der Waals surface area contributed by atoms with Gasteiger partial charge in [-0.05, 0) is 38.1 Å². The van der Waals surface area contributed by atoms with E-state index in [1.54, 1.807) is 12.1 Å². The fourth-order valence-electron chi connectivity index (χ4n) is 2.24. The van der Waals surface area contributed by atoms with E-state index in [2.05, 4.69) is 17.1 Å². The first-order valence-electron chi connectivity index (χ1n) is 7.45. The summed E-state index contributed by atoms with van der Waals surface area (Å²) in [4.78, 5) is 6.45. The number of aromatic nitrogens is 2. The summed E-state index contributed by atoms with van der Waals surface area (Å²) in [7, 11) is -1.79. The Morgan fingerprint density at radius 2 is 2.13 bits per heavy atom.